The Kier molecular flexibility index (Phi) is 2.74. The minimum atomic E-state index is 0.954. The molecule has 0 atom stereocenters. The van der Waals surface area contributed by atoms with Gasteiger partial charge in [-0.05, 0) is 52.6 Å². The topological polar surface area (TPSA) is 30.2 Å². The van der Waals surface area contributed by atoms with E-state index in [1.807, 2.05) is 12.1 Å². The molecule has 0 bridgehead atoms. The predicted octanol–water partition coefficient (Wildman–Crippen LogP) is 6.50. The van der Waals surface area contributed by atoms with E-state index in [1.165, 1.54) is 16.2 Å². The molecule has 0 saturated heterocycles. The maximum absolute atomic E-state index is 5.08. The Labute approximate surface area is 165 Å². The van der Waals surface area contributed by atoms with Gasteiger partial charge in [0, 0.05) is 16.2 Å². The maximum Gasteiger partial charge on any atom is 0.147 e. The number of hydrogen-bond donors (Lipinski definition) is 0. The zero-order valence-corrected chi connectivity index (χ0v) is 15.5. The lowest BCUT2D eigenvalue weighted by Crippen LogP contribution is -1.95. The summed E-state index contributed by atoms with van der Waals surface area (Å²) in [5.74, 6) is 0. The number of rotatable bonds is 0. The van der Waals surface area contributed by atoms with Crippen LogP contribution >= 0.6 is 0 Å². The Balaban J connectivity index is 1.86. The largest absolute Gasteiger partial charge is 0.276 e. The second-order valence-electron chi connectivity index (χ2n) is 7.56. The number of fused-ring (bicyclic) bond motifs is 10. The van der Waals surface area contributed by atoms with Gasteiger partial charge in [0.25, 0.3) is 0 Å². The van der Waals surface area contributed by atoms with Gasteiger partial charge in [0.05, 0.1) is 16.6 Å². The number of aromatic nitrogens is 3. The average molecular weight is 369 g/mol. The molecular weight excluding hydrogens is 354 g/mol. The van der Waals surface area contributed by atoms with Crippen LogP contribution < -0.4 is 0 Å². The first-order valence-corrected chi connectivity index (χ1v) is 9.78. The van der Waals surface area contributed by atoms with Crippen LogP contribution in [0.15, 0.2) is 91.0 Å². The SMILES string of the molecule is c1ccc2cc3c(cc2c1)c1cc2ccccc2nc1n1c2ccccc2nc31. The molecule has 0 aliphatic rings. The quantitative estimate of drug-likeness (QED) is 0.226. The second kappa shape index (κ2) is 5.30. The summed E-state index contributed by atoms with van der Waals surface area (Å²) >= 11 is 0. The van der Waals surface area contributed by atoms with E-state index in [4.69, 9.17) is 9.97 Å². The molecule has 0 saturated carbocycles. The molecule has 0 radical (unpaired) electrons. The molecule has 7 aromatic rings. The summed E-state index contributed by atoms with van der Waals surface area (Å²) in [4.78, 5) is 10.1. The molecule has 29 heavy (non-hydrogen) atoms. The van der Waals surface area contributed by atoms with E-state index in [0.29, 0.717) is 0 Å². The van der Waals surface area contributed by atoms with Crippen molar-refractivity contribution in [2.45, 2.75) is 0 Å². The summed E-state index contributed by atoms with van der Waals surface area (Å²) in [5.41, 5.74) is 4.99. The van der Waals surface area contributed by atoms with Gasteiger partial charge in [-0.2, -0.15) is 0 Å². The maximum atomic E-state index is 5.08. The van der Waals surface area contributed by atoms with Crippen molar-refractivity contribution in [3.63, 3.8) is 0 Å². The molecule has 4 aromatic carbocycles. The van der Waals surface area contributed by atoms with Crippen LogP contribution in [0.4, 0.5) is 0 Å². The summed E-state index contributed by atoms with van der Waals surface area (Å²) in [5, 5.41) is 7.11. The van der Waals surface area contributed by atoms with Crippen molar-refractivity contribution < 1.29 is 0 Å². The summed E-state index contributed by atoms with van der Waals surface area (Å²) in [6.07, 6.45) is 0. The number of para-hydroxylation sites is 3. The van der Waals surface area contributed by atoms with Crippen LogP contribution in [-0.2, 0) is 0 Å². The van der Waals surface area contributed by atoms with Crippen molar-refractivity contribution in [3.05, 3.63) is 91.0 Å². The normalized spacial score (nSPS) is 12.1. The van der Waals surface area contributed by atoms with Gasteiger partial charge in [-0.15, -0.1) is 0 Å². The minimum Gasteiger partial charge on any atom is -0.276 e. The number of benzene rings is 4. The highest BCUT2D eigenvalue weighted by Gasteiger charge is 2.15. The van der Waals surface area contributed by atoms with Crippen molar-refractivity contribution in [3.8, 4) is 0 Å². The third-order valence-corrected chi connectivity index (χ3v) is 5.89. The number of pyridine rings is 2. The number of imidazole rings is 1. The molecule has 7 rings (SSSR count). The number of hydrogen-bond acceptors (Lipinski definition) is 2. The molecule has 0 unspecified atom stereocenters. The van der Waals surface area contributed by atoms with E-state index in [0.717, 1.165) is 44.0 Å². The molecule has 134 valence electrons. The molecule has 3 aromatic heterocycles. The van der Waals surface area contributed by atoms with Gasteiger partial charge in [-0.3, -0.25) is 4.40 Å². The Morgan fingerprint density at radius 3 is 1.76 bits per heavy atom. The van der Waals surface area contributed by atoms with E-state index < -0.39 is 0 Å². The molecule has 0 spiro atoms. The monoisotopic (exact) mass is 369 g/mol. The third-order valence-electron chi connectivity index (χ3n) is 5.89. The fraction of sp³-hybridized carbons (Fsp3) is 0. The molecule has 0 N–H and O–H groups in total. The van der Waals surface area contributed by atoms with E-state index in [1.54, 1.807) is 0 Å². The fourth-order valence-corrected chi connectivity index (χ4v) is 4.54. The van der Waals surface area contributed by atoms with Gasteiger partial charge in [-0.25, -0.2) is 9.97 Å². The molecule has 3 heteroatoms. The van der Waals surface area contributed by atoms with E-state index >= 15 is 0 Å². The first-order valence-electron chi connectivity index (χ1n) is 9.78. The Hall–Kier alpha value is -3.98. The predicted molar refractivity (Wildman–Crippen MR) is 121 cm³/mol. The molecule has 0 aliphatic heterocycles. The minimum absolute atomic E-state index is 0.954. The highest BCUT2D eigenvalue weighted by atomic mass is 15.1. The molecule has 3 nitrogen and oxygen atoms in total. The van der Waals surface area contributed by atoms with Crippen LogP contribution in [0.5, 0.6) is 0 Å². The first-order chi connectivity index (χ1) is 14.4. The molecule has 0 amide bonds. The van der Waals surface area contributed by atoms with Crippen molar-refractivity contribution in [1.82, 2.24) is 14.4 Å². The van der Waals surface area contributed by atoms with Crippen LogP contribution in [0, 0.1) is 0 Å². The van der Waals surface area contributed by atoms with Gasteiger partial charge in [-0.1, -0.05) is 54.6 Å². The summed E-state index contributed by atoms with van der Waals surface area (Å²) in [6, 6.07) is 31.9. The Bertz CT molecular complexity index is 1760. The zero-order chi connectivity index (χ0) is 18.9. The molecular formula is C26H15N3. The van der Waals surface area contributed by atoms with Crippen LogP contribution in [0.2, 0.25) is 0 Å². The summed E-state index contributed by atoms with van der Waals surface area (Å²) < 4.78 is 2.22. The lowest BCUT2D eigenvalue weighted by molar-refractivity contribution is 1.26. The van der Waals surface area contributed by atoms with Gasteiger partial charge >= 0.3 is 0 Å². The van der Waals surface area contributed by atoms with Crippen LogP contribution in [0.25, 0.3) is 60.2 Å². The van der Waals surface area contributed by atoms with Crippen LogP contribution in [0.3, 0.4) is 0 Å². The first kappa shape index (κ1) is 15.0. The summed E-state index contributed by atoms with van der Waals surface area (Å²) in [7, 11) is 0. The second-order valence-corrected chi connectivity index (χ2v) is 7.56. The molecule has 3 heterocycles. The van der Waals surface area contributed by atoms with Gasteiger partial charge < -0.3 is 0 Å². The average Bonchev–Trinajstić information content (AvgIpc) is 3.17. The number of nitrogens with zero attached hydrogens (tertiary/aromatic N) is 3. The van der Waals surface area contributed by atoms with Crippen molar-refractivity contribution >= 4 is 60.2 Å². The third kappa shape index (κ3) is 1.96. The van der Waals surface area contributed by atoms with Gasteiger partial charge in [0.2, 0.25) is 0 Å². The van der Waals surface area contributed by atoms with Crippen molar-refractivity contribution in [2.24, 2.45) is 0 Å². The van der Waals surface area contributed by atoms with E-state index in [9.17, 15) is 0 Å². The zero-order valence-electron chi connectivity index (χ0n) is 15.5. The smallest absolute Gasteiger partial charge is 0.147 e. The van der Waals surface area contributed by atoms with Crippen LogP contribution in [-0.4, -0.2) is 14.4 Å². The van der Waals surface area contributed by atoms with Gasteiger partial charge in [0.1, 0.15) is 11.3 Å². The van der Waals surface area contributed by atoms with E-state index in [2.05, 4.69) is 83.3 Å². The van der Waals surface area contributed by atoms with Crippen LogP contribution in [0.1, 0.15) is 0 Å². The Morgan fingerprint density at radius 2 is 1.00 bits per heavy atom. The standard InChI is InChI=1S/C26H15N3/c1-2-8-17-14-20-19(13-16(17)7-1)21-15-18-9-3-4-10-22(18)27-25(21)29-24-12-6-5-11-23(24)28-26(20)29/h1-15H. The summed E-state index contributed by atoms with van der Waals surface area (Å²) in [6.45, 7) is 0. The van der Waals surface area contributed by atoms with Crippen molar-refractivity contribution in [2.75, 3.05) is 0 Å². The van der Waals surface area contributed by atoms with E-state index in [-0.39, 0.29) is 0 Å². The lowest BCUT2D eigenvalue weighted by Gasteiger charge is -2.11. The fourth-order valence-electron chi connectivity index (χ4n) is 4.54. The van der Waals surface area contributed by atoms with Crippen molar-refractivity contribution in [1.29, 1.82) is 0 Å². The highest BCUT2D eigenvalue weighted by Crippen LogP contribution is 2.35. The lowest BCUT2D eigenvalue weighted by atomic mass is 10.0. The Morgan fingerprint density at radius 1 is 0.483 bits per heavy atom. The van der Waals surface area contributed by atoms with Gasteiger partial charge in [0.15, 0.2) is 0 Å². The molecule has 0 fully saturated rings. The molecule has 0 aliphatic carbocycles. The highest BCUT2D eigenvalue weighted by molar-refractivity contribution is 6.18.